The molecule has 2 aromatic rings. The molecule has 18 heavy (non-hydrogen) atoms. The highest BCUT2D eigenvalue weighted by Gasteiger charge is 2.30. The van der Waals surface area contributed by atoms with Crippen LogP contribution in [0.15, 0.2) is 22.7 Å². The number of aromatic nitrogens is 1. The summed E-state index contributed by atoms with van der Waals surface area (Å²) >= 11 is 5.80. The molecule has 1 saturated carbocycles. The molecule has 0 spiro atoms. The van der Waals surface area contributed by atoms with E-state index in [0.29, 0.717) is 22.8 Å². The predicted octanol–water partition coefficient (Wildman–Crippen LogP) is 3.98. The molecular formula is C13H12ClFN2O. The lowest BCUT2D eigenvalue weighted by Crippen LogP contribution is -2.09. The van der Waals surface area contributed by atoms with Crippen LogP contribution in [-0.2, 0) is 0 Å². The van der Waals surface area contributed by atoms with Gasteiger partial charge in [0.1, 0.15) is 11.6 Å². The monoisotopic (exact) mass is 266 g/mol. The van der Waals surface area contributed by atoms with Gasteiger partial charge in [-0.05, 0) is 18.9 Å². The number of benzene rings is 1. The van der Waals surface area contributed by atoms with Gasteiger partial charge >= 0.3 is 0 Å². The first-order chi connectivity index (χ1) is 8.68. The van der Waals surface area contributed by atoms with Crippen molar-refractivity contribution in [2.75, 3.05) is 5.73 Å². The third-order valence-electron chi connectivity index (χ3n) is 3.44. The number of nitrogen functional groups attached to an aromatic ring is 1. The number of hydrogen-bond acceptors (Lipinski definition) is 3. The van der Waals surface area contributed by atoms with E-state index in [0.717, 1.165) is 19.3 Å². The highest BCUT2D eigenvalue weighted by atomic mass is 35.5. The Hall–Kier alpha value is -1.55. The second-order valence-electron chi connectivity index (χ2n) is 4.54. The molecule has 1 aromatic carbocycles. The second kappa shape index (κ2) is 4.28. The summed E-state index contributed by atoms with van der Waals surface area (Å²) in [6.45, 7) is 0. The van der Waals surface area contributed by atoms with Crippen molar-refractivity contribution in [3.8, 4) is 11.1 Å². The third kappa shape index (κ3) is 1.68. The first kappa shape index (κ1) is 11.5. The van der Waals surface area contributed by atoms with Crippen LogP contribution >= 0.6 is 11.6 Å². The van der Waals surface area contributed by atoms with Crippen molar-refractivity contribution in [2.24, 2.45) is 0 Å². The normalized spacial score (nSPS) is 15.7. The summed E-state index contributed by atoms with van der Waals surface area (Å²) in [6, 6.07) is 4.84. The highest BCUT2D eigenvalue weighted by molar-refractivity contribution is 6.31. The molecule has 5 heteroatoms. The minimum absolute atomic E-state index is 0.0765. The molecule has 3 rings (SSSR count). The van der Waals surface area contributed by atoms with E-state index in [2.05, 4.69) is 5.16 Å². The number of halogens is 2. The Morgan fingerprint density at radius 3 is 2.83 bits per heavy atom. The largest absolute Gasteiger partial charge is 0.380 e. The van der Waals surface area contributed by atoms with Crippen LogP contribution in [0.3, 0.4) is 0 Å². The van der Waals surface area contributed by atoms with Crippen LogP contribution in [0.25, 0.3) is 11.1 Å². The van der Waals surface area contributed by atoms with Gasteiger partial charge in [0, 0.05) is 11.5 Å². The van der Waals surface area contributed by atoms with E-state index in [1.165, 1.54) is 6.07 Å². The fourth-order valence-corrected chi connectivity index (χ4v) is 2.41. The molecule has 0 amide bonds. The maximum atomic E-state index is 14.1. The van der Waals surface area contributed by atoms with E-state index in [4.69, 9.17) is 21.9 Å². The molecule has 2 N–H and O–H groups in total. The van der Waals surface area contributed by atoms with E-state index in [1.54, 1.807) is 12.1 Å². The number of anilines is 1. The lowest BCUT2D eigenvalue weighted by Gasteiger charge is -2.23. The van der Waals surface area contributed by atoms with E-state index < -0.39 is 5.82 Å². The predicted molar refractivity (Wildman–Crippen MR) is 67.9 cm³/mol. The number of hydrogen-bond donors (Lipinski definition) is 1. The maximum absolute atomic E-state index is 14.1. The van der Waals surface area contributed by atoms with Crippen molar-refractivity contribution in [3.05, 3.63) is 34.8 Å². The molecule has 0 saturated heterocycles. The molecule has 1 aliphatic rings. The fourth-order valence-electron chi connectivity index (χ4n) is 2.23. The van der Waals surface area contributed by atoms with Crippen molar-refractivity contribution in [1.29, 1.82) is 0 Å². The molecule has 0 bridgehead atoms. The minimum atomic E-state index is -0.477. The van der Waals surface area contributed by atoms with Gasteiger partial charge in [-0.25, -0.2) is 4.39 Å². The molecule has 1 heterocycles. The topological polar surface area (TPSA) is 52.0 Å². The van der Waals surface area contributed by atoms with Gasteiger partial charge in [0.05, 0.1) is 10.6 Å². The maximum Gasteiger partial charge on any atom is 0.175 e. The van der Waals surface area contributed by atoms with Gasteiger partial charge in [0.2, 0.25) is 0 Å². The average molecular weight is 267 g/mol. The molecule has 0 atom stereocenters. The zero-order chi connectivity index (χ0) is 12.7. The van der Waals surface area contributed by atoms with Crippen LogP contribution in [0.2, 0.25) is 5.02 Å². The zero-order valence-electron chi connectivity index (χ0n) is 9.62. The zero-order valence-corrected chi connectivity index (χ0v) is 10.4. The van der Waals surface area contributed by atoms with Crippen LogP contribution in [-0.4, -0.2) is 5.16 Å². The summed E-state index contributed by atoms with van der Waals surface area (Å²) < 4.78 is 19.3. The van der Waals surface area contributed by atoms with Gasteiger partial charge in [-0.3, -0.25) is 0 Å². The molecule has 0 aliphatic heterocycles. The number of nitrogens with zero attached hydrogens (tertiary/aromatic N) is 1. The van der Waals surface area contributed by atoms with Crippen LogP contribution in [0.1, 0.15) is 30.9 Å². The van der Waals surface area contributed by atoms with Gasteiger partial charge in [0.15, 0.2) is 5.82 Å². The van der Waals surface area contributed by atoms with E-state index >= 15 is 0 Å². The van der Waals surface area contributed by atoms with Crippen molar-refractivity contribution in [1.82, 2.24) is 5.16 Å². The van der Waals surface area contributed by atoms with Crippen molar-refractivity contribution in [3.63, 3.8) is 0 Å². The van der Waals surface area contributed by atoms with E-state index in [-0.39, 0.29) is 10.8 Å². The smallest absolute Gasteiger partial charge is 0.175 e. The third-order valence-corrected chi connectivity index (χ3v) is 3.73. The summed E-state index contributed by atoms with van der Waals surface area (Å²) in [5.74, 6) is 0.718. The minimum Gasteiger partial charge on any atom is -0.380 e. The molecule has 94 valence electrons. The summed E-state index contributed by atoms with van der Waals surface area (Å²) in [6.07, 6.45) is 3.22. The number of rotatable bonds is 2. The van der Waals surface area contributed by atoms with Crippen LogP contribution < -0.4 is 5.73 Å². The molecule has 1 fully saturated rings. The summed E-state index contributed by atoms with van der Waals surface area (Å²) in [5, 5.41) is 3.84. The first-order valence-corrected chi connectivity index (χ1v) is 6.25. The van der Waals surface area contributed by atoms with Gasteiger partial charge < -0.3 is 10.3 Å². The second-order valence-corrected chi connectivity index (χ2v) is 4.94. The molecule has 0 unspecified atom stereocenters. The van der Waals surface area contributed by atoms with E-state index in [1.807, 2.05) is 0 Å². The molecule has 1 aliphatic carbocycles. The lowest BCUT2D eigenvalue weighted by atomic mass is 9.81. The van der Waals surface area contributed by atoms with Crippen LogP contribution in [0.4, 0.5) is 10.2 Å². The standard InChI is InChI=1S/C13H12ClFN2O/c14-9-6-2-5-8(11(9)15)10-12(7-3-1-4-7)18-17-13(10)16/h2,5-7H,1,3-4H2,(H2,16,17). The Balaban J connectivity index is 2.15. The SMILES string of the molecule is Nc1noc(C2CCC2)c1-c1cccc(Cl)c1F. The number of nitrogens with two attached hydrogens (primary N) is 1. The van der Waals surface area contributed by atoms with Crippen molar-refractivity contribution < 1.29 is 8.91 Å². The van der Waals surface area contributed by atoms with Crippen LogP contribution in [0.5, 0.6) is 0 Å². The van der Waals surface area contributed by atoms with Gasteiger partial charge in [-0.2, -0.15) is 0 Å². The van der Waals surface area contributed by atoms with Crippen molar-refractivity contribution >= 4 is 17.4 Å². The Morgan fingerprint density at radius 1 is 1.39 bits per heavy atom. The molecule has 1 aromatic heterocycles. The van der Waals surface area contributed by atoms with E-state index in [9.17, 15) is 4.39 Å². The average Bonchev–Trinajstić information content (AvgIpc) is 2.63. The quantitative estimate of drug-likeness (QED) is 0.894. The van der Waals surface area contributed by atoms with Gasteiger partial charge in [-0.15, -0.1) is 0 Å². The van der Waals surface area contributed by atoms with Gasteiger partial charge in [0.25, 0.3) is 0 Å². The molecular weight excluding hydrogens is 255 g/mol. The van der Waals surface area contributed by atoms with Crippen molar-refractivity contribution in [2.45, 2.75) is 25.2 Å². The lowest BCUT2D eigenvalue weighted by molar-refractivity contribution is 0.302. The summed E-state index contributed by atoms with van der Waals surface area (Å²) in [5.41, 5.74) is 6.71. The Labute approximate surface area is 109 Å². The molecule has 0 radical (unpaired) electrons. The summed E-state index contributed by atoms with van der Waals surface area (Å²) in [4.78, 5) is 0. The first-order valence-electron chi connectivity index (χ1n) is 5.88. The van der Waals surface area contributed by atoms with Crippen LogP contribution in [0, 0.1) is 5.82 Å². The van der Waals surface area contributed by atoms with Gasteiger partial charge in [-0.1, -0.05) is 35.3 Å². The Kier molecular flexibility index (Phi) is 2.74. The fraction of sp³-hybridized carbons (Fsp3) is 0.308. The highest BCUT2D eigenvalue weighted by Crippen LogP contribution is 2.44. The summed E-state index contributed by atoms with van der Waals surface area (Å²) in [7, 11) is 0. The Bertz CT molecular complexity index is 593. The molecule has 3 nitrogen and oxygen atoms in total. The Morgan fingerprint density at radius 2 is 2.17 bits per heavy atom.